The minimum Gasteiger partial charge on any atom is -0.497 e. The molecule has 142 valence electrons. The van der Waals surface area contributed by atoms with Crippen LogP contribution in [0, 0.1) is 6.92 Å². The summed E-state index contributed by atoms with van der Waals surface area (Å²) >= 11 is 0. The van der Waals surface area contributed by atoms with Crippen molar-refractivity contribution in [2.75, 3.05) is 30.0 Å². The van der Waals surface area contributed by atoms with E-state index >= 15 is 0 Å². The zero-order valence-corrected chi connectivity index (χ0v) is 15.9. The minimum atomic E-state index is -0.210. The number of hydrogen-bond donors (Lipinski definition) is 1. The molecule has 6 heteroatoms. The van der Waals surface area contributed by atoms with Crippen molar-refractivity contribution >= 4 is 23.3 Å². The molecule has 0 radical (unpaired) electrons. The molecular weight excluding hydrogens is 342 g/mol. The van der Waals surface area contributed by atoms with E-state index in [1.807, 2.05) is 62.4 Å². The Kier molecular flexibility index (Phi) is 5.64. The minimum absolute atomic E-state index is 0.0247. The number of ether oxygens (including phenoxy) is 1. The van der Waals surface area contributed by atoms with E-state index in [2.05, 4.69) is 5.32 Å². The van der Waals surface area contributed by atoms with Gasteiger partial charge in [0.25, 0.3) is 0 Å². The highest BCUT2D eigenvalue weighted by Crippen LogP contribution is 2.23. The Labute approximate surface area is 159 Å². The Morgan fingerprint density at radius 1 is 1.19 bits per heavy atom. The van der Waals surface area contributed by atoms with Gasteiger partial charge in [-0.05, 0) is 50.2 Å². The molecule has 1 heterocycles. The molecule has 0 spiro atoms. The number of carbonyl (C=O) groups is 2. The molecule has 1 aliphatic heterocycles. The lowest BCUT2D eigenvalue weighted by atomic mass is 10.2. The van der Waals surface area contributed by atoms with Crippen LogP contribution in [0.4, 0.5) is 16.2 Å². The fraction of sp³-hybridized carbons (Fsp3) is 0.333. The lowest BCUT2D eigenvalue weighted by Crippen LogP contribution is -2.46. The quantitative estimate of drug-likeness (QED) is 0.882. The summed E-state index contributed by atoms with van der Waals surface area (Å²) < 4.78 is 5.16. The molecule has 1 fully saturated rings. The number of aryl methyl sites for hydroxylation is 1. The predicted molar refractivity (Wildman–Crippen MR) is 106 cm³/mol. The van der Waals surface area contributed by atoms with Crippen molar-refractivity contribution < 1.29 is 14.3 Å². The number of benzene rings is 2. The first-order valence-corrected chi connectivity index (χ1v) is 9.11. The van der Waals surface area contributed by atoms with E-state index in [0.717, 1.165) is 22.7 Å². The lowest BCUT2D eigenvalue weighted by Gasteiger charge is -2.24. The first-order valence-electron chi connectivity index (χ1n) is 9.11. The Bertz CT molecular complexity index is 802. The number of amides is 3. The van der Waals surface area contributed by atoms with Crippen molar-refractivity contribution in [3.05, 3.63) is 54.1 Å². The van der Waals surface area contributed by atoms with Crippen molar-refractivity contribution in [3.8, 4) is 5.75 Å². The number of methoxy groups -OCH3 is 1. The highest BCUT2D eigenvalue weighted by Gasteiger charge is 2.32. The highest BCUT2D eigenvalue weighted by atomic mass is 16.5. The summed E-state index contributed by atoms with van der Waals surface area (Å²) in [6.07, 6.45) is 0.305. The van der Waals surface area contributed by atoms with Gasteiger partial charge in [-0.25, -0.2) is 4.79 Å². The van der Waals surface area contributed by atoms with Crippen molar-refractivity contribution in [2.45, 2.75) is 26.3 Å². The van der Waals surface area contributed by atoms with Gasteiger partial charge in [-0.1, -0.05) is 17.7 Å². The molecule has 0 aliphatic carbocycles. The van der Waals surface area contributed by atoms with Gasteiger partial charge in [0.2, 0.25) is 5.91 Å². The van der Waals surface area contributed by atoms with Gasteiger partial charge in [0.15, 0.2) is 0 Å². The molecule has 27 heavy (non-hydrogen) atoms. The summed E-state index contributed by atoms with van der Waals surface area (Å²) in [6.45, 7) is 4.94. The second kappa shape index (κ2) is 8.12. The van der Waals surface area contributed by atoms with E-state index in [1.54, 1.807) is 16.9 Å². The van der Waals surface area contributed by atoms with Crippen LogP contribution in [0.5, 0.6) is 5.75 Å². The third kappa shape index (κ3) is 4.22. The van der Waals surface area contributed by atoms with Gasteiger partial charge in [-0.15, -0.1) is 0 Å². The number of urea groups is 1. The van der Waals surface area contributed by atoms with Crippen molar-refractivity contribution in [3.63, 3.8) is 0 Å². The van der Waals surface area contributed by atoms with Crippen LogP contribution in [-0.4, -0.2) is 38.2 Å². The largest absolute Gasteiger partial charge is 0.497 e. The molecule has 2 aromatic carbocycles. The molecule has 3 rings (SSSR count). The highest BCUT2D eigenvalue weighted by molar-refractivity contribution is 5.98. The summed E-state index contributed by atoms with van der Waals surface area (Å²) in [7, 11) is 1.61. The molecule has 1 saturated heterocycles. The molecule has 1 atom stereocenters. The van der Waals surface area contributed by atoms with Crippen LogP contribution in [-0.2, 0) is 4.79 Å². The molecule has 0 aromatic heterocycles. The average molecular weight is 367 g/mol. The molecule has 6 nitrogen and oxygen atoms in total. The second-order valence-electron chi connectivity index (χ2n) is 6.63. The number of nitrogens with one attached hydrogen (secondary N) is 1. The number of carbonyl (C=O) groups excluding carboxylic acids is 2. The third-order valence-corrected chi connectivity index (χ3v) is 4.74. The summed E-state index contributed by atoms with van der Waals surface area (Å²) in [5.74, 6) is 0.766. The smallest absolute Gasteiger partial charge is 0.322 e. The van der Waals surface area contributed by atoms with Gasteiger partial charge in [0.05, 0.1) is 13.2 Å². The SMILES string of the molecule is CCN(C(=O)N[C@H]1CC(=O)N(c2ccc(C)cc2)C1)c1ccc(OC)cc1. The van der Waals surface area contributed by atoms with E-state index in [1.165, 1.54) is 0 Å². The number of rotatable bonds is 5. The first kappa shape index (κ1) is 18.8. The van der Waals surface area contributed by atoms with Crippen LogP contribution in [0.25, 0.3) is 0 Å². The van der Waals surface area contributed by atoms with Gasteiger partial charge in [-0.3, -0.25) is 9.69 Å². The van der Waals surface area contributed by atoms with E-state index in [-0.39, 0.29) is 18.0 Å². The Balaban J connectivity index is 1.66. The lowest BCUT2D eigenvalue weighted by molar-refractivity contribution is -0.117. The summed E-state index contributed by atoms with van der Waals surface area (Å²) in [5, 5.41) is 2.99. The molecule has 0 unspecified atom stereocenters. The second-order valence-corrected chi connectivity index (χ2v) is 6.63. The fourth-order valence-corrected chi connectivity index (χ4v) is 3.24. The van der Waals surface area contributed by atoms with Crippen molar-refractivity contribution in [1.82, 2.24) is 5.32 Å². The van der Waals surface area contributed by atoms with Gasteiger partial charge in [0, 0.05) is 30.9 Å². The zero-order chi connectivity index (χ0) is 19.4. The van der Waals surface area contributed by atoms with Crippen LogP contribution < -0.4 is 19.9 Å². The maximum atomic E-state index is 12.7. The normalized spacial score (nSPS) is 16.3. The number of anilines is 2. The maximum Gasteiger partial charge on any atom is 0.322 e. The standard InChI is InChI=1S/C21H25N3O3/c1-4-23(17-9-11-19(27-3)12-10-17)21(26)22-16-13-20(25)24(14-16)18-7-5-15(2)6-8-18/h5-12,16H,4,13-14H2,1-3H3,(H,22,26)/t16-/m0/s1. The van der Waals surface area contributed by atoms with Crippen LogP contribution in [0.1, 0.15) is 18.9 Å². The molecule has 0 bridgehead atoms. The van der Waals surface area contributed by atoms with Gasteiger partial charge in [0.1, 0.15) is 5.75 Å². The molecular formula is C21H25N3O3. The van der Waals surface area contributed by atoms with Crippen molar-refractivity contribution in [2.24, 2.45) is 0 Å². The number of nitrogens with zero attached hydrogens (tertiary/aromatic N) is 2. The van der Waals surface area contributed by atoms with Gasteiger partial charge < -0.3 is 15.0 Å². The third-order valence-electron chi connectivity index (χ3n) is 4.74. The Morgan fingerprint density at radius 2 is 1.85 bits per heavy atom. The fourth-order valence-electron chi connectivity index (χ4n) is 3.24. The van der Waals surface area contributed by atoms with Crippen molar-refractivity contribution in [1.29, 1.82) is 0 Å². The van der Waals surface area contributed by atoms with Crippen LogP contribution in [0.3, 0.4) is 0 Å². The topological polar surface area (TPSA) is 61.9 Å². The zero-order valence-electron chi connectivity index (χ0n) is 15.9. The van der Waals surface area contributed by atoms with Crippen LogP contribution >= 0.6 is 0 Å². The Hall–Kier alpha value is -3.02. The van der Waals surface area contributed by atoms with E-state index < -0.39 is 0 Å². The molecule has 1 N–H and O–H groups in total. The summed E-state index contributed by atoms with van der Waals surface area (Å²) in [5.41, 5.74) is 2.80. The maximum absolute atomic E-state index is 12.7. The van der Waals surface area contributed by atoms with Gasteiger partial charge >= 0.3 is 6.03 Å². The first-order chi connectivity index (χ1) is 13.0. The molecule has 0 saturated carbocycles. The molecule has 2 aromatic rings. The monoisotopic (exact) mass is 367 g/mol. The number of hydrogen-bond acceptors (Lipinski definition) is 3. The predicted octanol–water partition coefficient (Wildman–Crippen LogP) is 3.35. The summed E-state index contributed by atoms with van der Waals surface area (Å²) in [6, 6.07) is 14.8. The van der Waals surface area contributed by atoms with E-state index in [0.29, 0.717) is 19.5 Å². The van der Waals surface area contributed by atoms with Crippen LogP contribution in [0.2, 0.25) is 0 Å². The molecule has 3 amide bonds. The average Bonchev–Trinajstić information content (AvgIpc) is 3.03. The van der Waals surface area contributed by atoms with E-state index in [4.69, 9.17) is 4.74 Å². The summed E-state index contributed by atoms with van der Waals surface area (Å²) in [4.78, 5) is 28.5. The Morgan fingerprint density at radius 3 is 2.44 bits per heavy atom. The van der Waals surface area contributed by atoms with E-state index in [9.17, 15) is 9.59 Å². The molecule has 1 aliphatic rings. The van der Waals surface area contributed by atoms with Gasteiger partial charge in [-0.2, -0.15) is 0 Å². The van der Waals surface area contributed by atoms with Crippen LogP contribution in [0.15, 0.2) is 48.5 Å².